The van der Waals surface area contributed by atoms with Crippen molar-refractivity contribution in [1.82, 2.24) is 9.71 Å². The summed E-state index contributed by atoms with van der Waals surface area (Å²) < 4.78 is 88.1. The lowest BCUT2D eigenvalue weighted by molar-refractivity contribution is -0.137. The van der Waals surface area contributed by atoms with Gasteiger partial charge in [0.25, 0.3) is 0 Å². The zero-order valence-corrected chi connectivity index (χ0v) is 22.3. The Morgan fingerprint density at radius 3 is 2.63 bits per heavy atom. The summed E-state index contributed by atoms with van der Waals surface area (Å²) in [6.45, 7) is 4.27. The lowest BCUT2D eigenvalue weighted by Crippen LogP contribution is -2.30. The van der Waals surface area contributed by atoms with Crippen LogP contribution in [0.4, 0.5) is 13.2 Å². The molecule has 0 aliphatic carbocycles. The van der Waals surface area contributed by atoms with Crippen LogP contribution in [0.1, 0.15) is 37.2 Å². The highest BCUT2D eigenvalue weighted by molar-refractivity contribution is 7.89. The minimum Gasteiger partial charge on any atom is -0.486 e. The Morgan fingerprint density at radius 1 is 1.18 bits per heavy atom. The number of benzene rings is 1. The van der Waals surface area contributed by atoms with E-state index in [1.165, 1.54) is 12.3 Å². The molecule has 2 heterocycles. The molecule has 0 aliphatic rings. The fourth-order valence-electron chi connectivity index (χ4n) is 3.25. The van der Waals surface area contributed by atoms with Gasteiger partial charge in [0.1, 0.15) is 28.9 Å². The molecular formula is C25H28ClF3N2O6S. The Kier molecular flexibility index (Phi) is 10.4. The molecule has 0 atom stereocenters. The Bertz CT molecular complexity index is 1280. The van der Waals surface area contributed by atoms with Crippen LogP contribution < -0.4 is 14.2 Å². The predicted molar refractivity (Wildman–Crippen MR) is 135 cm³/mol. The van der Waals surface area contributed by atoms with Crippen LogP contribution in [0.3, 0.4) is 0 Å². The maximum Gasteiger partial charge on any atom is 0.417 e. The number of rotatable bonds is 14. The first-order valence-corrected chi connectivity index (χ1v) is 13.7. The molecule has 0 aliphatic heterocycles. The van der Waals surface area contributed by atoms with E-state index in [0.717, 1.165) is 6.07 Å². The number of nitrogens with zero attached hydrogens (tertiary/aromatic N) is 1. The van der Waals surface area contributed by atoms with E-state index in [1.807, 2.05) is 13.8 Å². The molecule has 0 spiro atoms. The molecule has 0 saturated carbocycles. The van der Waals surface area contributed by atoms with Crippen molar-refractivity contribution < 1.29 is 40.2 Å². The fourth-order valence-corrected chi connectivity index (χ4v) is 4.52. The number of sulfonamides is 1. The van der Waals surface area contributed by atoms with Crippen molar-refractivity contribution in [2.45, 2.75) is 45.6 Å². The SMILES string of the molecule is CC(C)OCCNS(=O)(=O)CCCc1ccc(OCc2ccco2)cc1Oc1ncc(C(F)(F)F)cc1Cl. The minimum absolute atomic E-state index is 0.00313. The Morgan fingerprint density at radius 2 is 1.97 bits per heavy atom. The van der Waals surface area contributed by atoms with Gasteiger partial charge in [-0.25, -0.2) is 18.1 Å². The van der Waals surface area contributed by atoms with Crippen LogP contribution in [-0.2, 0) is 34.0 Å². The average Bonchev–Trinajstić information content (AvgIpc) is 3.36. The predicted octanol–water partition coefficient (Wildman–Crippen LogP) is 6.00. The Labute approximate surface area is 224 Å². The number of aryl methyl sites for hydroxylation is 1. The number of nitrogens with one attached hydrogen (secondary N) is 1. The van der Waals surface area contributed by atoms with Crippen LogP contribution in [-0.4, -0.2) is 38.4 Å². The largest absolute Gasteiger partial charge is 0.486 e. The molecular weight excluding hydrogens is 549 g/mol. The van der Waals surface area contributed by atoms with Crippen LogP contribution in [0, 0.1) is 0 Å². The van der Waals surface area contributed by atoms with Gasteiger partial charge in [-0.1, -0.05) is 17.7 Å². The van der Waals surface area contributed by atoms with E-state index in [9.17, 15) is 21.6 Å². The second-order valence-electron chi connectivity index (χ2n) is 8.48. The molecule has 0 saturated heterocycles. The quantitative estimate of drug-likeness (QED) is 0.235. The van der Waals surface area contributed by atoms with Crippen LogP contribution in [0.5, 0.6) is 17.4 Å². The first-order valence-electron chi connectivity index (χ1n) is 11.7. The van der Waals surface area contributed by atoms with Gasteiger partial charge in [0.05, 0.1) is 30.3 Å². The van der Waals surface area contributed by atoms with Gasteiger partial charge in [0.2, 0.25) is 15.9 Å². The van der Waals surface area contributed by atoms with E-state index < -0.39 is 21.8 Å². The number of pyridine rings is 1. The molecule has 1 aromatic carbocycles. The van der Waals surface area contributed by atoms with Crippen molar-refractivity contribution in [3.05, 3.63) is 70.8 Å². The molecule has 0 unspecified atom stereocenters. The highest BCUT2D eigenvalue weighted by atomic mass is 35.5. The van der Waals surface area contributed by atoms with Crippen LogP contribution in [0.2, 0.25) is 5.02 Å². The van der Waals surface area contributed by atoms with Crippen molar-refractivity contribution in [1.29, 1.82) is 0 Å². The molecule has 3 rings (SSSR count). The molecule has 0 radical (unpaired) electrons. The molecule has 3 aromatic rings. The number of aromatic nitrogens is 1. The lowest BCUT2D eigenvalue weighted by atomic mass is 10.1. The first kappa shape index (κ1) is 29.8. The van der Waals surface area contributed by atoms with Gasteiger partial charge in [-0.2, -0.15) is 13.2 Å². The maximum absolute atomic E-state index is 13.0. The number of hydrogen-bond acceptors (Lipinski definition) is 7. The van der Waals surface area contributed by atoms with Gasteiger partial charge >= 0.3 is 6.18 Å². The van der Waals surface area contributed by atoms with Gasteiger partial charge < -0.3 is 18.6 Å². The van der Waals surface area contributed by atoms with Gasteiger partial charge in [0.15, 0.2) is 0 Å². The number of hydrogen-bond donors (Lipinski definition) is 1. The van der Waals surface area contributed by atoms with E-state index in [2.05, 4.69) is 9.71 Å². The number of halogens is 4. The van der Waals surface area contributed by atoms with Crippen molar-refractivity contribution in [2.75, 3.05) is 18.9 Å². The van der Waals surface area contributed by atoms with Gasteiger partial charge in [-0.05, 0) is 56.5 Å². The van der Waals surface area contributed by atoms with Crippen molar-refractivity contribution in [2.24, 2.45) is 0 Å². The molecule has 208 valence electrons. The standard InChI is InChI=1S/C25H28ClF3N2O6S/c1-17(2)34-11-9-31-38(32,33)12-4-5-18-7-8-20(36-16-21-6-3-10-35-21)14-23(18)37-24-22(26)13-19(15-30-24)25(27,28)29/h3,6-8,10,13-15,17,31H,4-5,9,11-12,16H2,1-2H3. The third kappa shape index (κ3) is 9.50. The molecule has 0 bridgehead atoms. The summed E-state index contributed by atoms with van der Waals surface area (Å²) in [4.78, 5) is 3.72. The monoisotopic (exact) mass is 576 g/mol. The number of ether oxygens (including phenoxy) is 3. The molecule has 8 nitrogen and oxygen atoms in total. The molecule has 1 N–H and O–H groups in total. The summed E-state index contributed by atoms with van der Waals surface area (Å²) in [7, 11) is -3.53. The van der Waals surface area contributed by atoms with Gasteiger partial charge in [-0.3, -0.25) is 0 Å². The smallest absolute Gasteiger partial charge is 0.417 e. The van der Waals surface area contributed by atoms with E-state index in [4.69, 9.17) is 30.2 Å². The molecule has 0 amide bonds. The third-order valence-corrected chi connectivity index (χ3v) is 6.82. The first-order chi connectivity index (χ1) is 17.9. The summed E-state index contributed by atoms with van der Waals surface area (Å²) >= 11 is 6.02. The van der Waals surface area contributed by atoms with Crippen LogP contribution in [0.25, 0.3) is 0 Å². The van der Waals surface area contributed by atoms with Gasteiger partial charge in [-0.15, -0.1) is 0 Å². The highest BCUT2D eigenvalue weighted by Crippen LogP contribution is 2.36. The number of furan rings is 1. The second-order valence-corrected chi connectivity index (χ2v) is 10.8. The highest BCUT2D eigenvalue weighted by Gasteiger charge is 2.32. The number of alkyl halides is 3. The van der Waals surface area contributed by atoms with E-state index in [0.29, 0.717) is 23.3 Å². The van der Waals surface area contributed by atoms with E-state index >= 15 is 0 Å². The molecule has 13 heteroatoms. The maximum atomic E-state index is 13.0. The average molecular weight is 577 g/mol. The summed E-state index contributed by atoms with van der Waals surface area (Å²) in [6, 6.07) is 9.06. The summed E-state index contributed by atoms with van der Waals surface area (Å²) in [5.41, 5.74) is -0.423. The zero-order valence-electron chi connectivity index (χ0n) is 20.8. The normalized spacial score (nSPS) is 12.2. The fraction of sp³-hybridized carbons (Fsp3) is 0.400. The second kappa shape index (κ2) is 13.3. The summed E-state index contributed by atoms with van der Waals surface area (Å²) in [5, 5.41) is -0.330. The zero-order chi connectivity index (χ0) is 27.8. The van der Waals surface area contributed by atoms with Crippen LogP contribution in [0.15, 0.2) is 53.3 Å². The van der Waals surface area contributed by atoms with Gasteiger partial charge in [0, 0.05) is 18.8 Å². The summed E-state index contributed by atoms with van der Waals surface area (Å²) in [6.07, 6.45) is -1.95. The van der Waals surface area contributed by atoms with E-state index in [-0.39, 0.29) is 61.1 Å². The summed E-state index contributed by atoms with van der Waals surface area (Å²) in [5.74, 6) is 0.808. The van der Waals surface area contributed by atoms with Crippen LogP contribution >= 0.6 is 11.6 Å². The van der Waals surface area contributed by atoms with E-state index in [1.54, 1.807) is 24.3 Å². The minimum atomic E-state index is -4.61. The Hall–Kier alpha value is -2.80. The molecule has 38 heavy (non-hydrogen) atoms. The van der Waals surface area contributed by atoms with Crippen molar-refractivity contribution >= 4 is 21.6 Å². The third-order valence-electron chi connectivity index (χ3n) is 5.08. The Balaban J connectivity index is 1.72. The van der Waals surface area contributed by atoms with Crippen molar-refractivity contribution in [3.63, 3.8) is 0 Å². The topological polar surface area (TPSA) is 99.9 Å². The lowest BCUT2D eigenvalue weighted by Gasteiger charge is -2.15. The molecule has 0 fully saturated rings. The molecule has 2 aromatic heterocycles. The van der Waals surface area contributed by atoms with Crippen molar-refractivity contribution in [3.8, 4) is 17.4 Å².